The molecule has 0 N–H and O–H groups in total. The summed E-state index contributed by atoms with van der Waals surface area (Å²) in [6.07, 6.45) is 0. The van der Waals surface area contributed by atoms with Crippen LogP contribution < -0.4 is 14.2 Å². The van der Waals surface area contributed by atoms with Gasteiger partial charge in [0.2, 0.25) is 0 Å². The third-order valence-electron chi connectivity index (χ3n) is 5.86. The standard InChI is InChI=1S/C33H26F2O5/c1-20(2)32(36)39-26-11-7-22(8-12-26)24-5-6-25(30(34)17-24)19-38-28-15-16-29(31(35)18-28)23-9-13-27(14-10-23)40-33(37)21(3)4/h5-18H,1,3,19H2,2,4H3. The van der Waals surface area contributed by atoms with E-state index in [0.29, 0.717) is 33.8 Å². The van der Waals surface area contributed by atoms with Gasteiger partial charge in [0, 0.05) is 28.3 Å². The molecular formula is C33H26F2O5. The highest BCUT2D eigenvalue weighted by molar-refractivity contribution is 5.89. The molecule has 0 heterocycles. The minimum Gasteiger partial charge on any atom is -0.489 e. The summed E-state index contributed by atoms with van der Waals surface area (Å²) in [6.45, 7) is 10.1. The van der Waals surface area contributed by atoms with Gasteiger partial charge in [-0.25, -0.2) is 18.4 Å². The quantitative estimate of drug-likeness (QED) is 0.123. The van der Waals surface area contributed by atoms with Gasteiger partial charge in [0.1, 0.15) is 35.5 Å². The molecule has 0 fully saturated rings. The topological polar surface area (TPSA) is 61.8 Å². The van der Waals surface area contributed by atoms with Crippen molar-refractivity contribution >= 4 is 11.9 Å². The molecular weight excluding hydrogens is 514 g/mol. The molecule has 0 atom stereocenters. The summed E-state index contributed by atoms with van der Waals surface area (Å²) < 4.78 is 45.7. The van der Waals surface area contributed by atoms with Crippen LogP contribution in [0.1, 0.15) is 19.4 Å². The van der Waals surface area contributed by atoms with Crippen LogP contribution in [0.5, 0.6) is 17.2 Å². The third kappa shape index (κ3) is 6.88. The Morgan fingerprint density at radius 2 is 1.12 bits per heavy atom. The fraction of sp³-hybridized carbons (Fsp3) is 0.0909. The van der Waals surface area contributed by atoms with Gasteiger partial charge < -0.3 is 14.2 Å². The van der Waals surface area contributed by atoms with Crippen molar-refractivity contribution < 1.29 is 32.6 Å². The number of rotatable bonds is 9. The lowest BCUT2D eigenvalue weighted by molar-refractivity contribution is -0.130. The summed E-state index contributed by atoms with van der Waals surface area (Å²) in [5.74, 6) is -1.11. The van der Waals surface area contributed by atoms with Crippen LogP contribution in [0.15, 0.2) is 109 Å². The molecule has 0 saturated carbocycles. The van der Waals surface area contributed by atoms with E-state index in [0.717, 1.165) is 5.56 Å². The summed E-state index contributed by atoms with van der Waals surface area (Å²) in [7, 11) is 0. The highest BCUT2D eigenvalue weighted by Crippen LogP contribution is 2.29. The minimum absolute atomic E-state index is 0.0938. The van der Waals surface area contributed by atoms with E-state index in [-0.39, 0.29) is 23.5 Å². The number of hydrogen-bond donors (Lipinski definition) is 0. The molecule has 202 valence electrons. The number of carbonyl (C=O) groups excluding carboxylic acids is 2. The van der Waals surface area contributed by atoms with Crippen LogP contribution in [0.2, 0.25) is 0 Å². The van der Waals surface area contributed by atoms with Gasteiger partial charge >= 0.3 is 11.9 Å². The Morgan fingerprint density at radius 3 is 1.62 bits per heavy atom. The number of esters is 2. The van der Waals surface area contributed by atoms with Crippen molar-refractivity contribution in [3.8, 4) is 39.5 Å². The summed E-state index contributed by atoms with van der Waals surface area (Å²) in [6, 6.07) is 22.2. The fourth-order valence-electron chi connectivity index (χ4n) is 3.63. The molecule has 0 aromatic heterocycles. The molecule has 0 spiro atoms. The van der Waals surface area contributed by atoms with Crippen LogP contribution in [0.3, 0.4) is 0 Å². The maximum atomic E-state index is 14.9. The average molecular weight is 541 g/mol. The van der Waals surface area contributed by atoms with Gasteiger partial charge in [-0.1, -0.05) is 49.6 Å². The van der Waals surface area contributed by atoms with Crippen molar-refractivity contribution in [2.24, 2.45) is 0 Å². The van der Waals surface area contributed by atoms with Gasteiger partial charge in [-0.2, -0.15) is 0 Å². The molecule has 7 heteroatoms. The van der Waals surface area contributed by atoms with Crippen molar-refractivity contribution in [3.05, 3.63) is 126 Å². The first kappa shape index (κ1) is 28.0. The van der Waals surface area contributed by atoms with E-state index in [4.69, 9.17) is 14.2 Å². The molecule has 4 aromatic carbocycles. The van der Waals surface area contributed by atoms with E-state index >= 15 is 0 Å². The van der Waals surface area contributed by atoms with Crippen LogP contribution in [-0.4, -0.2) is 11.9 Å². The second-order valence-corrected chi connectivity index (χ2v) is 9.12. The van der Waals surface area contributed by atoms with E-state index in [9.17, 15) is 18.4 Å². The summed E-state index contributed by atoms with van der Waals surface area (Å²) in [5.41, 5.74) is 3.16. The van der Waals surface area contributed by atoms with E-state index in [1.165, 1.54) is 12.1 Å². The fourth-order valence-corrected chi connectivity index (χ4v) is 3.63. The van der Waals surface area contributed by atoms with Crippen LogP contribution in [0.25, 0.3) is 22.3 Å². The van der Waals surface area contributed by atoms with Crippen LogP contribution >= 0.6 is 0 Å². The zero-order valence-electron chi connectivity index (χ0n) is 22.0. The zero-order chi connectivity index (χ0) is 28.8. The number of ether oxygens (including phenoxy) is 3. The Morgan fingerprint density at radius 1 is 0.625 bits per heavy atom. The van der Waals surface area contributed by atoms with E-state index in [1.54, 1.807) is 86.6 Å². The zero-order valence-corrected chi connectivity index (χ0v) is 22.0. The van der Waals surface area contributed by atoms with Crippen molar-refractivity contribution in [3.63, 3.8) is 0 Å². The number of carbonyl (C=O) groups is 2. The third-order valence-corrected chi connectivity index (χ3v) is 5.86. The smallest absolute Gasteiger partial charge is 0.338 e. The minimum atomic E-state index is -0.538. The number of hydrogen-bond acceptors (Lipinski definition) is 5. The maximum absolute atomic E-state index is 14.9. The predicted octanol–water partition coefficient (Wildman–Crippen LogP) is 7.84. The SMILES string of the molecule is C=C(C)C(=O)Oc1ccc(-c2ccc(COc3ccc(-c4ccc(OC(=O)C(=C)C)cc4)c(F)c3)c(F)c2)cc1. The molecule has 40 heavy (non-hydrogen) atoms. The van der Waals surface area contributed by atoms with E-state index in [1.807, 2.05) is 0 Å². The lowest BCUT2D eigenvalue weighted by Gasteiger charge is -2.11. The normalized spacial score (nSPS) is 10.5. The first-order valence-corrected chi connectivity index (χ1v) is 12.3. The molecule has 0 aliphatic heterocycles. The average Bonchev–Trinajstić information content (AvgIpc) is 2.93. The second-order valence-electron chi connectivity index (χ2n) is 9.12. The van der Waals surface area contributed by atoms with Crippen molar-refractivity contribution in [2.45, 2.75) is 20.5 Å². The van der Waals surface area contributed by atoms with Gasteiger partial charge in [-0.15, -0.1) is 0 Å². The molecule has 0 aliphatic rings. The molecule has 0 bridgehead atoms. The Balaban J connectivity index is 1.39. The van der Waals surface area contributed by atoms with Gasteiger partial charge in [0.15, 0.2) is 0 Å². The lowest BCUT2D eigenvalue weighted by atomic mass is 10.0. The monoisotopic (exact) mass is 540 g/mol. The molecule has 0 saturated heterocycles. The Hall–Kier alpha value is -5.04. The summed E-state index contributed by atoms with van der Waals surface area (Å²) >= 11 is 0. The largest absolute Gasteiger partial charge is 0.489 e. The molecule has 0 aliphatic carbocycles. The van der Waals surface area contributed by atoms with Crippen LogP contribution in [0, 0.1) is 11.6 Å². The van der Waals surface area contributed by atoms with E-state index in [2.05, 4.69) is 13.2 Å². The Kier molecular flexibility index (Phi) is 8.54. The number of halogens is 2. The first-order chi connectivity index (χ1) is 19.1. The maximum Gasteiger partial charge on any atom is 0.338 e. The molecule has 0 unspecified atom stereocenters. The lowest BCUT2D eigenvalue weighted by Crippen LogP contribution is -2.07. The molecule has 0 radical (unpaired) electrons. The van der Waals surface area contributed by atoms with Gasteiger partial charge in [0.25, 0.3) is 0 Å². The van der Waals surface area contributed by atoms with Crippen LogP contribution in [0.4, 0.5) is 8.78 Å². The Bertz CT molecular complexity index is 1590. The Labute approximate surface area is 231 Å². The van der Waals surface area contributed by atoms with E-state index < -0.39 is 23.6 Å². The molecule has 4 aromatic rings. The molecule has 5 nitrogen and oxygen atoms in total. The number of benzene rings is 4. The molecule has 0 amide bonds. The molecule has 4 rings (SSSR count). The first-order valence-electron chi connectivity index (χ1n) is 12.3. The van der Waals surface area contributed by atoms with Gasteiger partial charge in [-0.3, -0.25) is 0 Å². The predicted molar refractivity (Wildman–Crippen MR) is 149 cm³/mol. The highest BCUT2D eigenvalue weighted by Gasteiger charge is 2.12. The van der Waals surface area contributed by atoms with Gasteiger partial charge in [-0.05, 0) is 73.0 Å². The summed E-state index contributed by atoms with van der Waals surface area (Å²) in [5, 5.41) is 0. The van der Waals surface area contributed by atoms with Crippen molar-refractivity contribution in [1.29, 1.82) is 0 Å². The van der Waals surface area contributed by atoms with Crippen molar-refractivity contribution in [1.82, 2.24) is 0 Å². The van der Waals surface area contributed by atoms with Crippen molar-refractivity contribution in [2.75, 3.05) is 0 Å². The van der Waals surface area contributed by atoms with Gasteiger partial charge in [0.05, 0.1) is 0 Å². The second kappa shape index (κ2) is 12.2. The highest BCUT2D eigenvalue weighted by atomic mass is 19.1. The van der Waals surface area contributed by atoms with Crippen LogP contribution in [-0.2, 0) is 16.2 Å². The summed E-state index contributed by atoms with van der Waals surface area (Å²) in [4.78, 5) is 23.3.